The maximum Gasteiger partial charge on any atom is 0.137 e. The topological polar surface area (TPSA) is 57.0 Å². The summed E-state index contributed by atoms with van der Waals surface area (Å²) in [5, 5.41) is 4.44. The van der Waals surface area contributed by atoms with Gasteiger partial charge in [0.15, 0.2) is 0 Å². The number of aromatic nitrogens is 2. The lowest BCUT2D eigenvalue weighted by atomic mass is 10.2. The number of rotatable bonds is 4. The van der Waals surface area contributed by atoms with Crippen LogP contribution in [0.3, 0.4) is 0 Å². The molecule has 2 N–H and O–H groups in total. The molecule has 2 heterocycles. The van der Waals surface area contributed by atoms with Gasteiger partial charge in [-0.3, -0.25) is 4.68 Å². The fraction of sp³-hybridized carbons (Fsp3) is 0.417. The van der Waals surface area contributed by atoms with E-state index in [1.165, 1.54) is 0 Å². The van der Waals surface area contributed by atoms with Crippen molar-refractivity contribution in [2.45, 2.75) is 33.4 Å². The third kappa shape index (κ3) is 2.02. The Morgan fingerprint density at radius 1 is 1.44 bits per heavy atom. The summed E-state index contributed by atoms with van der Waals surface area (Å²) in [6, 6.07) is 3.86. The summed E-state index contributed by atoms with van der Waals surface area (Å²) in [6.45, 7) is 5.50. The molecule has 0 aliphatic carbocycles. The number of hydrogen-bond donors (Lipinski definition) is 1. The van der Waals surface area contributed by atoms with Gasteiger partial charge in [-0.2, -0.15) is 5.10 Å². The Hall–Kier alpha value is -1.55. The van der Waals surface area contributed by atoms with Crippen molar-refractivity contribution in [1.82, 2.24) is 9.78 Å². The molecule has 0 atom stereocenters. The zero-order chi connectivity index (χ0) is 11.5. The fourth-order valence-corrected chi connectivity index (χ4v) is 1.74. The molecule has 0 aromatic carbocycles. The molecule has 86 valence electrons. The second kappa shape index (κ2) is 4.53. The van der Waals surface area contributed by atoms with Crippen LogP contribution in [0.25, 0.3) is 11.3 Å². The van der Waals surface area contributed by atoms with E-state index in [1.807, 2.05) is 29.9 Å². The predicted molar refractivity (Wildman–Crippen MR) is 62.8 cm³/mol. The van der Waals surface area contributed by atoms with E-state index in [9.17, 15) is 0 Å². The van der Waals surface area contributed by atoms with Crippen molar-refractivity contribution in [1.29, 1.82) is 0 Å². The van der Waals surface area contributed by atoms with Crippen LogP contribution in [0, 0.1) is 6.92 Å². The number of nitrogens with two attached hydrogens (primary N) is 1. The van der Waals surface area contributed by atoms with Gasteiger partial charge < -0.3 is 10.2 Å². The maximum atomic E-state index is 5.61. The summed E-state index contributed by atoms with van der Waals surface area (Å²) in [6.07, 6.45) is 3.10. The normalized spacial score (nSPS) is 10.9. The van der Waals surface area contributed by atoms with Crippen LogP contribution < -0.4 is 5.73 Å². The van der Waals surface area contributed by atoms with Crippen LogP contribution in [-0.4, -0.2) is 9.78 Å². The van der Waals surface area contributed by atoms with Gasteiger partial charge in [0.25, 0.3) is 0 Å². The van der Waals surface area contributed by atoms with Crippen molar-refractivity contribution >= 4 is 0 Å². The summed E-state index contributed by atoms with van der Waals surface area (Å²) < 4.78 is 7.57. The molecule has 2 rings (SSSR count). The lowest BCUT2D eigenvalue weighted by Crippen LogP contribution is -1.96. The molecule has 0 amide bonds. The third-order valence-electron chi connectivity index (χ3n) is 2.53. The molecule has 0 radical (unpaired) electrons. The summed E-state index contributed by atoms with van der Waals surface area (Å²) in [7, 11) is 0. The van der Waals surface area contributed by atoms with E-state index in [1.54, 1.807) is 0 Å². The van der Waals surface area contributed by atoms with Gasteiger partial charge in [-0.1, -0.05) is 6.92 Å². The second-order valence-corrected chi connectivity index (χ2v) is 3.86. The highest BCUT2D eigenvalue weighted by Gasteiger charge is 2.10. The minimum atomic E-state index is 0.433. The van der Waals surface area contributed by atoms with Crippen LogP contribution in [0.2, 0.25) is 0 Å². The molecule has 2 aromatic rings. The molecule has 2 aromatic heterocycles. The summed E-state index contributed by atoms with van der Waals surface area (Å²) in [4.78, 5) is 0. The fourth-order valence-electron chi connectivity index (χ4n) is 1.74. The van der Waals surface area contributed by atoms with Gasteiger partial charge in [0.2, 0.25) is 0 Å². The van der Waals surface area contributed by atoms with Gasteiger partial charge in [0.05, 0.1) is 17.8 Å². The smallest absolute Gasteiger partial charge is 0.137 e. The van der Waals surface area contributed by atoms with Crippen LogP contribution in [0.1, 0.15) is 24.8 Å². The molecule has 0 spiro atoms. The number of hydrogen-bond acceptors (Lipinski definition) is 3. The summed E-state index contributed by atoms with van der Waals surface area (Å²) in [5.41, 5.74) is 7.56. The van der Waals surface area contributed by atoms with Crippen LogP contribution in [0.4, 0.5) is 0 Å². The van der Waals surface area contributed by atoms with Gasteiger partial charge in [0.1, 0.15) is 11.5 Å². The Bertz CT molecular complexity index is 470. The molecular weight excluding hydrogens is 202 g/mol. The lowest BCUT2D eigenvalue weighted by molar-refractivity contribution is 0.525. The Morgan fingerprint density at radius 3 is 2.88 bits per heavy atom. The van der Waals surface area contributed by atoms with E-state index in [2.05, 4.69) is 12.0 Å². The zero-order valence-electron chi connectivity index (χ0n) is 9.73. The molecule has 4 heteroatoms. The standard InChI is InChI=1S/C12H17N3O/c1-3-6-15-8-11(9(2)14-15)12-5-4-10(7-13)16-12/h4-5,8H,3,6-7,13H2,1-2H3. The van der Waals surface area contributed by atoms with E-state index in [-0.39, 0.29) is 0 Å². The predicted octanol–water partition coefficient (Wildman–Crippen LogP) is 2.32. The van der Waals surface area contributed by atoms with Crippen molar-refractivity contribution in [2.75, 3.05) is 0 Å². The molecule has 0 fully saturated rings. The maximum absolute atomic E-state index is 5.61. The first-order valence-corrected chi connectivity index (χ1v) is 5.57. The number of furan rings is 1. The van der Waals surface area contributed by atoms with E-state index in [0.29, 0.717) is 6.54 Å². The van der Waals surface area contributed by atoms with Crippen molar-refractivity contribution in [2.24, 2.45) is 5.73 Å². The van der Waals surface area contributed by atoms with Gasteiger partial charge >= 0.3 is 0 Å². The third-order valence-corrected chi connectivity index (χ3v) is 2.53. The van der Waals surface area contributed by atoms with Crippen molar-refractivity contribution in [3.63, 3.8) is 0 Å². The molecule has 0 saturated carbocycles. The second-order valence-electron chi connectivity index (χ2n) is 3.86. The quantitative estimate of drug-likeness (QED) is 0.858. The first-order chi connectivity index (χ1) is 7.74. The molecule has 0 saturated heterocycles. The first kappa shape index (κ1) is 11.0. The van der Waals surface area contributed by atoms with E-state index < -0.39 is 0 Å². The Kier molecular flexibility index (Phi) is 3.10. The number of nitrogens with zero attached hydrogens (tertiary/aromatic N) is 2. The highest BCUT2D eigenvalue weighted by atomic mass is 16.3. The van der Waals surface area contributed by atoms with Gasteiger partial charge in [-0.05, 0) is 25.5 Å². The van der Waals surface area contributed by atoms with Crippen LogP contribution in [0.5, 0.6) is 0 Å². The Balaban J connectivity index is 2.32. The Morgan fingerprint density at radius 2 is 2.25 bits per heavy atom. The first-order valence-electron chi connectivity index (χ1n) is 5.57. The largest absolute Gasteiger partial charge is 0.460 e. The minimum Gasteiger partial charge on any atom is -0.460 e. The SMILES string of the molecule is CCCn1cc(-c2ccc(CN)o2)c(C)n1. The molecular formula is C12H17N3O. The van der Waals surface area contributed by atoms with Gasteiger partial charge in [-0.15, -0.1) is 0 Å². The summed E-state index contributed by atoms with van der Waals surface area (Å²) in [5.74, 6) is 1.65. The van der Waals surface area contributed by atoms with E-state index in [0.717, 1.165) is 35.7 Å². The van der Waals surface area contributed by atoms with E-state index >= 15 is 0 Å². The highest BCUT2D eigenvalue weighted by molar-refractivity contribution is 5.59. The van der Waals surface area contributed by atoms with E-state index in [4.69, 9.17) is 10.2 Å². The average molecular weight is 219 g/mol. The van der Waals surface area contributed by atoms with Crippen molar-refractivity contribution in [3.05, 3.63) is 29.8 Å². The molecule has 0 aliphatic heterocycles. The Labute approximate surface area is 95.1 Å². The monoisotopic (exact) mass is 219 g/mol. The van der Waals surface area contributed by atoms with Crippen molar-refractivity contribution in [3.8, 4) is 11.3 Å². The van der Waals surface area contributed by atoms with Crippen molar-refractivity contribution < 1.29 is 4.42 Å². The highest BCUT2D eigenvalue weighted by Crippen LogP contribution is 2.24. The summed E-state index contributed by atoms with van der Waals surface area (Å²) >= 11 is 0. The minimum absolute atomic E-state index is 0.433. The average Bonchev–Trinajstić information content (AvgIpc) is 2.85. The lowest BCUT2D eigenvalue weighted by Gasteiger charge is -1.94. The van der Waals surface area contributed by atoms with Crippen LogP contribution >= 0.6 is 0 Å². The molecule has 0 aliphatic rings. The molecule has 4 nitrogen and oxygen atoms in total. The van der Waals surface area contributed by atoms with Crippen LogP contribution in [-0.2, 0) is 13.1 Å². The molecule has 0 bridgehead atoms. The van der Waals surface area contributed by atoms with Crippen LogP contribution in [0.15, 0.2) is 22.7 Å². The number of aryl methyl sites for hydroxylation is 2. The van der Waals surface area contributed by atoms with Gasteiger partial charge in [-0.25, -0.2) is 0 Å². The molecule has 16 heavy (non-hydrogen) atoms. The molecule has 0 unspecified atom stereocenters. The van der Waals surface area contributed by atoms with Gasteiger partial charge in [0, 0.05) is 12.7 Å². The zero-order valence-corrected chi connectivity index (χ0v) is 9.73.